The van der Waals surface area contributed by atoms with Gasteiger partial charge in [0.25, 0.3) is 0 Å². The van der Waals surface area contributed by atoms with Crippen LogP contribution in [0.2, 0.25) is 0 Å². The van der Waals surface area contributed by atoms with Crippen LogP contribution in [0.1, 0.15) is 39.0 Å². The zero-order chi connectivity index (χ0) is 12.1. The molecular formula is C11H18N4O2. The smallest absolute Gasteiger partial charge is 0.324 e. The Hall–Kier alpha value is -1.59. The maximum Gasteiger partial charge on any atom is 0.324 e. The van der Waals surface area contributed by atoms with E-state index in [4.69, 9.17) is 15.2 Å². The van der Waals surface area contributed by atoms with Crippen molar-refractivity contribution < 1.29 is 9.47 Å². The van der Waals surface area contributed by atoms with Crippen LogP contribution in [-0.2, 0) is 0 Å². The van der Waals surface area contributed by atoms with Gasteiger partial charge in [0.05, 0.1) is 6.61 Å². The zero-order valence-electron chi connectivity index (χ0n) is 10.1. The van der Waals surface area contributed by atoms with E-state index in [9.17, 15) is 0 Å². The normalized spacial score (nSPS) is 16.1. The fourth-order valence-corrected chi connectivity index (χ4v) is 1.82. The Balaban J connectivity index is 2.02. The summed E-state index contributed by atoms with van der Waals surface area (Å²) >= 11 is 0. The highest BCUT2D eigenvalue weighted by Crippen LogP contribution is 2.23. The molecule has 17 heavy (non-hydrogen) atoms. The molecule has 2 rings (SSSR count). The minimum absolute atomic E-state index is 0.138. The number of rotatable bonds is 5. The molecular weight excluding hydrogens is 220 g/mol. The molecule has 0 atom stereocenters. The molecule has 0 aromatic carbocycles. The van der Waals surface area contributed by atoms with E-state index in [-0.39, 0.29) is 24.1 Å². The van der Waals surface area contributed by atoms with Crippen molar-refractivity contribution in [3.63, 3.8) is 0 Å². The topological polar surface area (TPSA) is 83.2 Å². The van der Waals surface area contributed by atoms with Crippen molar-refractivity contribution in [3.8, 4) is 12.0 Å². The van der Waals surface area contributed by atoms with Crippen molar-refractivity contribution in [1.29, 1.82) is 0 Å². The summed E-state index contributed by atoms with van der Waals surface area (Å²) in [4.78, 5) is 11.9. The molecule has 1 aliphatic rings. The van der Waals surface area contributed by atoms with Gasteiger partial charge in [-0.1, -0.05) is 6.92 Å². The van der Waals surface area contributed by atoms with Gasteiger partial charge in [0.15, 0.2) is 0 Å². The zero-order valence-corrected chi connectivity index (χ0v) is 10.1. The van der Waals surface area contributed by atoms with Crippen LogP contribution in [0.3, 0.4) is 0 Å². The van der Waals surface area contributed by atoms with Gasteiger partial charge in [0, 0.05) is 0 Å². The average Bonchev–Trinajstić information content (AvgIpc) is 2.78. The monoisotopic (exact) mass is 238 g/mol. The molecule has 2 N–H and O–H groups in total. The number of aromatic nitrogens is 3. The third-order valence-corrected chi connectivity index (χ3v) is 2.62. The molecule has 1 heterocycles. The number of nitrogens with two attached hydrogens (primary N) is 1. The summed E-state index contributed by atoms with van der Waals surface area (Å²) in [5, 5.41) is 0. The van der Waals surface area contributed by atoms with Gasteiger partial charge in [0.2, 0.25) is 5.95 Å². The van der Waals surface area contributed by atoms with Gasteiger partial charge in [0.1, 0.15) is 6.10 Å². The van der Waals surface area contributed by atoms with E-state index >= 15 is 0 Å². The molecule has 0 bridgehead atoms. The van der Waals surface area contributed by atoms with Crippen LogP contribution in [0, 0.1) is 0 Å². The van der Waals surface area contributed by atoms with Crippen LogP contribution in [0.4, 0.5) is 5.95 Å². The Morgan fingerprint density at radius 2 is 1.88 bits per heavy atom. The van der Waals surface area contributed by atoms with Gasteiger partial charge in [-0.3, -0.25) is 0 Å². The van der Waals surface area contributed by atoms with E-state index in [1.54, 1.807) is 0 Å². The van der Waals surface area contributed by atoms with Gasteiger partial charge in [-0.25, -0.2) is 0 Å². The lowest BCUT2D eigenvalue weighted by Crippen LogP contribution is -2.15. The Morgan fingerprint density at radius 1 is 1.18 bits per heavy atom. The van der Waals surface area contributed by atoms with Gasteiger partial charge < -0.3 is 15.2 Å². The molecule has 0 radical (unpaired) electrons. The molecule has 0 spiro atoms. The van der Waals surface area contributed by atoms with Crippen LogP contribution in [-0.4, -0.2) is 27.7 Å². The van der Waals surface area contributed by atoms with Gasteiger partial charge in [-0.2, -0.15) is 9.97 Å². The second-order valence-corrected chi connectivity index (χ2v) is 4.13. The number of nitrogen functional groups attached to an aromatic ring is 1. The second-order valence-electron chi connectivity index (χ2n) is 4.13. The number of anilines is 1. The SMILES string of the molecule is CCCOc1nc(N)nc(OC2CCCC2)n1. The predicted octanol–water partition coefficient (Wildman–Crippen LogP) is 1.56. The van der Waals surface area contributed by atoms with Gasteiger partial charge >= 0.3 is 12.0 Å². The summed E-state index contributed by atoms with van der Waals surface area (Å²) < 4.78 is 11.0. The molecule has 0 aliphatic heterocycles. The summed E-state index contributed by atoms with van der Waals surface area (Å²) in [6.07, 6.45) is 5.60. The molecule has 0 unspecified atom stereocenters. The minimum Gasteiger partial charge on any atom is -0.463 e. The molecule has 1 aliphatic carbocycles. The Labute approximate surface area is 101 Å². The fraction of sp³-hybridized carbons (Fsp3) is 0.727. The quantitative estimate of drug-likeness (QED) is 0.838. The van der Waals surface area contributed by atoms with E-state index in [1.165, 1.54) is 12.8 Å². The molecule has 0 saturated heterocycles. The first kappa shape index (κ1) is 11.9. The van der Waals surface area contributed by atoms with Crippen molar-refractivity contribution in [2.45, 2.75) is 45.1 Å². The van der Waals surface area contributed by atoms with Crippen LogP contribution < -0.4 is 15.2 Å². The van der Waals surface area contributed by atoms with Crippen LogP contribution >= 0.6 is 0 Å². The number of ether oxygens (including phenoxy) is 2. The molecule has 1 saturated carbocycles. The molecule has 1 aromatic rings. The lowest BCUT2D eigenvalue weighted by Gasteiger charge is -2.11. The lowest BCUT2D eigenvalue weighted by atomic mass is 10.3. The van der Waals surface area contributed by atoms with E-state index in [0.717, 1.165) is 19.3 Å². The first-order chi connectivity index (χ1) is 8.28. The first-order valence-electron chi connectivity index (χ1n) is 6.09. The number of hydrogen-bond acceptors (Lipinski definition) is 6. The van der Waals surface area contributed by atoms with E-state index in [2.05, 4.69) is 15.0 Å². The number of nitrogens with zero attached hydrogens (tertiary/aromatic N) is 3. The fourth-order valence-electron chi connectivity index (χ4n) is 1.82. The number of hydrogen-bond donors (Lipinski definition) is 1. The first-order valence-corrected chi connectivity index (χ1v) is 6.09. The minimum atomic E-state index is 0.138. The van der Waals surface area contributed by atoms with Crippen LogP contribution in [0.5, 0.6) is 12.0 Å². The molecule has 1 fully saturated rings. The summed E-state index contributed by atoms with van der Waals surface area (Å²) in [6.45, 7) is 2.58. The highest BCUT2D eigenvalue weighted by Gasteiger charge is 2.18. The third kappa shape index (κ3) is 3.44. The Bertz CT molecular complexity index is 366. The average molecular weight is 238 g/mol. The summed E-state index contributed by atoms with van der Waals surface area (Å²) in [5.74, 6) is 0.138. The lowest BCUT2D eigenvalue weighted by molar-refractivity contribution is 0.186. The van der Waals surface area contributed by atoms with Crippen molar-refractivity contribution in [3.05, 3.63) is 0 Å². The van der Waals surface area contributed by atoms with E-state index < -0.39 is 0 Å². The highest BCUT2D eigenvalue weighted by atomic mass is 16.5. The third-order valence-electron chi connectivity index (χ3n) is 2.62. The summed E-state index contributed by atoms with van der Waals surface area (Å²) in [6, 6.07) is 0.517. The Morgan fingerprint density at radius 3 is 2.59 bits per heavy atom. The highest BCUT2D eigenvalue weighted by molar-refractivity contribution is 5.20. The molecule has 6 heteroatoms. The van der Waals surface area contributed by atoms with Crippen molar-refractivity contribution in [2.75, 3.05) is 12.3 Å². The summed E-state index contributed by atoms with van der Waals surface area (Å²) in [7, 11) is 0. The van der Waals surface area contributed by atoms with Crippen LogP contribution in [0.15, 0.2) is 0 Å². The molecule has 94 valence electrons. The Kier molecular flexibility index (Phi) is 3.95. The van der Waals surface area contributed by atoms with Gasteiger partial charge in [-0.15, -0.1) is 4.98 Å². The second kappa shape index (κ2) is 5.65. The van der Waals surface area contributed by atoms with Gasteiger partial charge in [-0.05, 0) is 32.1 Å². The molecule has 6 nitrogen and oxygen atoms in total. The van der Waals surface area contributed by atoms with Crippen LogP contribution in [0.25, 0.3) is 0 Å². The van der Waals surface area contributed by atoms with Crippen molar-refractivity contribution >= 4 is 5.95 Å². The summed E-state index contributed by atoms with van der Waals surface area (Å²) in [5.41, 5.74) is 5.58. The molecule has 0 amide bonds. The maximum absolute atomic E-state index is 5.65. The van der Waals surface area contributed by atoms with Crippen molar-refractivity contribution in [1.82, 2.24) is 15.0 Å². The standard InChI is InChI=1S/C11H18N4O2/c1-2-7-16-10-13-9(12)14-11(15-10)17-8-5-3-4-6-8/h8H,2-7H2,1H3,(H2,12,13,14,15). The molecule has 1 aromatic heterocycles. The largest absolute Gasteiger partial charge is 0.463 e. The van der Waals surface area contributed by atoms with E-state index in [0.29, 0.717) is 6.61 Å². The van der Waals surface area contributed by atoms with E-state index in [1.807, 2.05) is 6.92 Å². The maximum atomic E-state index is 5.65. The predicted molar refractivity (Wildman–Crippen MR) is 62.9 cm³/mol. The van der Waals surface area contributed by atoms with Crippen molar-refractivity contribution in [2.24, 2.45) is 0 Å².